The van der Waals surface area contributed by atoms with Crippen LogP contribution in [0.4, 0.5) is 0 Å². The van der Waals surface area contributed by atoms with E-state index in [0.29, 0.717) is 25.9 Å². The zero-order valence-electron chi connectivity index (χ0n) is 13.1. The number of likely N-dealkylation sites (tertiary alicyclic amines) is 1. The summed E-state index contributed by atoms with van der Waals surface area (Å²) in [6, 6.07) is -0.380. The van der Waals surface area contributed by atoms with Gasteiger partial charge in [0.15, 0.2) is 0 Å². The van der Waals surface area contributed by atoms with Crippen LogP contribution < -0.4 is 5.32 Å². The van der Waals surface area contributed by atoms with Crippen molar-refractivity contribution in [3.8, 4) is 0 Å². The maximum absolute atomic E-state index is 12.4. The number of carbonyl (C=O) groups is 2. The van der Waals surface area contributed by atoms with E-state index in [1.54, 1.807) is 4.90 Å². The number of hydrogen-bond donors (Lipinski definition) is 2. The van der Waals surface area contributed by atoms with Gasteiger partial charge in [0.05, 0.1) is 5.60 Å². The van der Waals surface area contributed by atoms with Crippen molar-refractivity contribution in [3.63, 3.8) is 0 Å². The van der Waals surface area contributed by atoms with Gasteiger partial charge in [0.25, 0.3) is 0 Å². The summed E-state index contributed by atoms with van der Waals surface area (Å²) in [6.07, 6.45) is 7.89. The molecule has 21 heavy (non-hydrogen) atoms. The molecule has 2 aliphatic rings. The van der Waals surface area contributed by atoms with Crippen LogP contribution in [-0.2, 0) is 9.59 Å². The summed E-state index contributed by atoms with van der Waals surface area (Å²) < 4.78 is 0. The van der Waals surface area contributed by atoms with Crippen LogP contribution in [-0.4, -0.2) is 46.6 Å². The summed E-state index contributed by atoms with van der Waals surface area (Å²) in [7, 11) is 0. The highest BCUT2D eigenvalue weighted by atomic mass is 16.3. The second-order valence-corrected chi connectivity index (χ2v) is 6.47. The molecule has 1 unspecified atom stereocenters. The minimum Gasteiger partial charge on any atom is -0.388 e. The standard InChI is InChI=1S/C16H28N2O3/c1-2-13(18-11-7-8-14(18)19)15(20)17-12-16(21)9-5-3-4-6-10-16/h13,21H,2-12H2,1H3,(H,17,20). The Morgan fingerprint density at radius 2 is 1.95 bits per heavy atom. The summed E-state index contributed by atoms with van der Waals surface area (Å²) in [5.41, 5.74) is -0.764. The van der Waals surface area contributed by atoms with Crippen LogP contribution in [0.3, 0.4) is 0 Å². The smallest absolute Gasteiger partial charge is 0.242 e. The van der Waals surface area contributed by atoms with Gasteiger partial charge < -0.3 is 15.3 Å². The molecule has 2 amide bonds. The molecule has 0 aromatic rings. The van der Waals surface area contributed by atoms with E-state index in [4.69, 9.17) is 0 Å². The first-order valence-electron chi connectivity index (χ1n) is 8.35. The summed E-state index contributed by atoms with van der Waals surface area (Å²) >= 11 is 0. The lowest BCUT2D eigenvalue weighted by atomic mass is 9.94. The Balaban J connectivity index is 1.88. The van der Waals surface area contributed by atoms with Crippen molar-refractivity contribution in [1.82, 2.24) is 10.2 Å². The van der Waals surface area contributed by atoms with Crippen LogP contribution >= 0.6 is 0 Å². The third kappa shape index (κ3) is 4.19. The van der Waals surface area contributed by atoms with Crippen LogP contribution in [0.2, 0.25) is 0 Å². The molecule has 0 spiro atoms. The Bertz CT molecular complexity index is 376. The number of nitrogens with zero attached hydrogens (tertiary/aromatic N) is 1. The van der Waals surface area contributed by atoms with Crippen LogP contribution in [0.5, 0.6) is 0 Å². The van der Waals surface area contributed by atoms with Crippen molar-refractivity contribution in [2.24, 2.45) is 0 Å². The van der Waals surface area contributed by atoms with Crippen molar-refractivity contribution in [1.29, 1.82) is 0 Å². The van der Waals surface area contributed by atoms with E-state index in [2.05, 4.69) is 5.32 Å². The largest absolute Gasteiger partial charge is 0.388 e. The van der Waals surface area contributed by atoms with Gasteiger partial charge in [0.1, 0.15) is 6.04 Å². The normalized spacial score (nSPS) is 23.7. The minimum absolute atomic E-state index is 0.0742. The first kappa shape index (κ1) is 16.3. The van der Waals surface area contributed by atoms with E-state index in [1.807, 2.05) is 6.92 Å². The highest BCUT2D eigenvalue weighted by Crippen LogP contribution is 2.26. The molecular formula is C16H28N2O3. The topological polar surface area (TPSA) is 69.6 Å². The average Bonchev–Trinajstić information content (AvgIpc) is 2.75. The number of nitrogens with one attached hydrogen (secondary N) is 1. The van der Waals surface area contributed by atoms with Gasteiger partial charge >= 0.3 is 0 Å². The van der Waals surface area contributed by atoms with Gasteiger partial charge in [-0.15, -0.1) is 0 Å². The van der Waals surface area contributed by atoms with Crippen molar-refractivity contribution < 1.29 is 14.7 Å². The zero-order valence-corrected chi connectivity index (χ0v) is 13.1. The Labute approximate surface area is 127 Å². The van der Waals surface area contributed by atoms with Crippen LogP contribution in [0.1, 0.15) is 64.7 Å². The fraction of sp³-hybridized carbons (Fsp3) is 0.875. The third-order valence-electron chi connectivity index (χ3n) is 4.80. The predicted octanol–water partition coefficient (Wildman–Crippen LogP) is 1.59. The highest BCUT2D eigenvalue weighted by molar-refractivity contribution is 5.88. The molecule has 1 heterocycles. The molecule has 1 aliphatic carbocycles. The van der Waals surface area contributed by atoms with E-state index in [-0.39, 0.29) is 17.9 Å². The number of aliphatic hydroxyl groups is 1. The summed E-state index contributed by atoms with van der Waals surface area (Å²) in [4.78, 5) is 25.8. The number of rotatable bonds is 5. The third-order valence-corrected chi connectivity index (χ3v) is 4.80. The summed E-state index contributed by atoms with van der Waals surface area (Å²) in [6.45, 7) is 2.91. The molecule has 5 heteroatoms. The molecule has 2 fully saturated rings. The molecule has 5 nitrogen and oxygen atoms in total. The van der Waals surface area contributed by atoms with E-state index < -0.39 is 5.60 Å². The molecule has 1 atom stereocenters. The minimum atomic E-state index is -0.764. The number of amides is 2. The van der Waals surface area contributed by atoms with Gasteiger partial charge in [0, 0.05) is 19.5 Å². The van der Waals surface area contributed by atoms with Gasteiger partial charge in [-0.3, -0.25) is 9.59 Å². The summed E-state index contributed by atoms with van der Waals surface area (Å²) in [5.74, 6) is -0.0457. The van der Waals surface area contributed by atoms with Crippen LogP contribution in [0.25, 0.3) is 0 Å². The van der Waals surface area contributed by atoms with E-state index in [0.717, 1.165) is 44.9 Å². The van der Waals surface area contributed by atoms with Gasteiger partial charge in [0.2, 0.25) is 11.8 Å². The molecule has 0 bridgehead atoms. The van der Waals surface area contributed by atoms with E-state index in [9.17, 15) is 14.7 Å². The predicted molar refractivity (Wildman–Crippen MR) is 80.7 cm³/mol. The maximum Gasteiger partial charge on any atom is 0.242 e. The Morgan fingerprint density at radius 1 is 1.29 bits per heavy atom. The Kier molecular flexibility index (Phi) is 5.62. The molecule has 120 valence electrons. The number of hydrogen-bond acceptors (Lipinski definition) is 3. The zero-order chi connectivity index (χ0) is 15.3. The fourth-order valence-electron chi connectivity index (χ4n) is 3.48. The molecule has 0 radical (unpaired) electrons. The first-order chi connectivity index (χ1) is 10.1. The second-order valence-electron chi connectivity index (χ2n) is 6.47. The van der Waals surface area contributed by atoms with Gasteiger partial charge in [-0.25, -0.2) is 0 Å². The molecule has 1 saturated heterocycles. The Morgan fingerprint density at radius 3 is 2.48 bits per heavy atom. The van der Waals surface area contributed by atoms with Crippen LogP contribution in [0.15, 0.2) is 0 Å². The maximum atomic E-state index is 12.4. The van der Waals surface area contributed by atoms with Crippen molar-refractivity contribution >= 4 is 11.8 Å². The van der Waals surface area contributed by atoms with Crippen molar-refractivity contribution in [2.45, 2.75) is 76.4 Å². The van der Waals surface area contributed by atoms with E-state index in [1.165, 1.54) is 0 Å². The molecule has 0 aromatic carbocycles. The SMILES string of the molecule is CCC(C(=O)NCC1(O)CCCCCC1)N1CCCC1=O. The van der Waals surface area contributed by atoms with E-state index >= 15 is 0 Å². The summed E-state index contributed by atoms with van der Waals surface area (Å²) in [5, 5.41) is 13.5. The van der Waals surface area contributed by atoms with Crippen molar-refractivity contribution in [2.75, 3.05) is 13.1 Å². The Hall–Kier alpha value is -1.10. The fourth-order valence-corrected chi connectivity index (χ4v) is 3.48. The molecule has 2 N–H and O–H groups in total. The van der Waals surface area contributed by atoms with Crippen molar-refractivity contribution in [3.05, 3.63) is 0 Å². The van der Waals surface area contributed by atoms with Gasteiger partial charge in [-0.1, -0.05) is 32.6 Å². The monoisotopic (exact) mass is 296 g/mol. The molecule has 2 rings (SSSR count). The molecule has 1 saturated carbocycles. The first-order valence-corrected chi connectivity index (χ1v) is 8.35. The lowest BCUT2D eigenvalue weighted by Gasteiger charge is -2.30. The van der Waals surface area contributed by atoms with Gasteiger partial charge in [-0.05, 0) is 25.7 Å². The van der Waals surface area contributed by atoms with Gasteiger partial charge in [-0.2, -0.15) is 0 Å². The molecule has 1 aliphatic heterocycles. The second kappa shape index (κ2) is 7.25. The van der Waals surface area contributed by atoms with Crippen LogP contribution in [0, 0.1) is 0 Å². The molecule has 0 aromatic heterocycles. The average molecular weight is 296 g/mol. The lowest BCUT2D eigenvalue weighted by molar-refractivity contribution is -0.138. The number of carbonyl (C=O) groups excluding carboxylic acids is 2. The quantitative estimate of drug-likeness (QED) is 0.757. The lowest BCUT2D eigenvalue weighted by Crippen LogP contribution is -2.51. The highest BCUT2D eigenvalue weighted by Gasteiger charge is 2.33. The molecular weight excluding hydrogens is 268 g/mol.